The van der Waals surface area contributed by atoms with E-state index in [1.165, 1.54) is 30.7 Å². The van der Waals surface area contributed by atoms with Crippen molar-refractivity contribution < 1.29 is 14.0 Å². The SMILES string of the molecule is O=C(c1ccc(F)cc1)N1CCCC(C(=O)N2CCC3(CCNC3)CC2)C1. The molecule has 27 heavy (non-hydrogen) atoms. The van der Waals surface area contributed by atoms with Crippen LogP contribution in [0.1, 0.15) is 42.5 Å². The largest absolute Gasteiger partial charge is 0.342 e. The van der Waals surface area contributed by atoms with E-state index in [-0.39, 0.29) is 23.5 Å². The van der Waals surface area contributed by atoms with Crippen LogP contribution in [0.4, 0.5) is 4.39 Å². The first-order chi connectivity index (χ1) is 13.1. The molecule has 3 heterocycles. The fourth-order valence-corrected chi connectivity index (χ4v) is 4.82. The van der Waals surface area contributed by atoms with Crippen molar-refractivity contribution in [3.8, 4) is 0 Å². The van der Waals surface area contributed by atoms with Crippen LogP contribution in [0.3, 0.4) is 0 Å². The molecule has 5 nitrogen and oxygen atoms in total. The van der Waals surface area contributed by atoms with E-state index in [1.54, 1.807) is 4.90 Å². The van der Waals surface area contributed by atoms with E-state index >= 15 is 0 Å². The van der Waals surface area contributed by atoms with Crippen molar-refractivity contribution in [1.82, 2.24) is 15.1 Å². The van der Waals surface area contributed by atoms with Crippen molar-refractivity contribution in [2.24, 2.45) is 11.3 Å². The topological polar surface area (TPSA) is 52.7 Å². The van der Waals surface area contributed by atoms with Crippen LogP contribution in [0.15, 0.2) is 24.3 Å². The first kappa shape index (κ1) is 18.4. The van der Waals surface area contributed by atoms with Crippen LogP contribution in [-0.4, -0.2) is 60.9 Å². The van der Waals surface area contributed by atoms with Gasteiger partial charge in [0.25, 0.3) is 5.91 Å². The number of halogens is 1. The van der Waals surface area contributed by atoms with E-state index < -0.39 is 0 Å². The normalized spacial score (nSPS) is 25.0. The van der Waals surface area contributed by atoms with Crippen molar-refractivity contribution in [2.45, 2.75) is 32.1 Å². The summed E-state index contributed by atoms with van der Waals surface area (Å²) in [5.41, 5.74) is 0.881. The van der Waals surface area contributed by atoms with Gasteiger partial charge in [-0.2, -0.15) is 0 Å². The molecule has 2 amide bonds. The van der Waals surface area contributed by atoms with Gasteiger partial charge in [0.2, 0.25) is 5.91 Å². The molecule has 1 N–H and O–H groups in total. The van der Waals surface area contributed by atoms with Crippen LogP contribution in [0.2, 0.25) is 0 Å². The number of piperidine rings is 2. The van der Waals surface area contributed by atoms with Crippen molar-refractivity contribution in [2.75, 3.05) is 39.3 Å². The zero-order valence-corrected chi connectivity index (χ0v) is 15.8. The minimum Gasteiger partial charge on any atom is -0.342 e. The molecule has 4 rings (SSSR count). The van der Waals surface area contributed by atoms with Gasteiger partial charge in [-0.25, -0.2) is 4.39 Å². The Morgan fingerprint density at radius 1 is 1.04 bits per heavy atom. The minimum atomic E-state index is -0.349. The molecule has 1 spiro atoms. The van der Waals surface area contributed by atoms with Gasteiger partial charge in [-0.1, -0.05) is 0 Å². The fourth-order valence-electron chi connectivity index (χ4n) is 4.82. The fraction of sp³-hybridized carbons (Fsp3) is 0.619. The Hall–Kier alpha value is -1.95. The molecule has 0 radical (unpaired) electrons. The van der Waals surface area contributed by atoms with Crippen molar-refractivity contribution in [3.05, 3.63) is 35.6 Å². The Kier molecular flexibility index (Phi) is 5.17. The second-order valence-corrected chi connectivity index (χ2v) is 8.35. The molecule has 3 aliphatic heterocycles. The van der Waals surface area contributed by atoms with Gasteiger partial charge >= 0.3 is 0 Å². The highest BCUT2D eigenvalue weighted by Gasteiger charge is 2.40. The summed E-state index contributed by atoms with van der Waals surface area (Å²) < 4.78 is 13.1. The predicted molar refractivity (Wildman–Crippen MR) is 101 cm³/mol. The second-order valence-electron chi connectivity index (χ2n) is 8.35. The average Bonchev–Trinajstić information content (AvgIpc) is 3.16. The van der Waals surface area contributed by atoms with Crippen LogP contribution in [0.25, 0.3) is 0 Å². The first-order valence-electron chi connectivity index (χ1n) is 10.1. The average molecular weight is 373 g/mol. The lowest BCUT2D eigenvalue weighted by Crippen LogP contribution is -2.50. The maximum atomic E-state index is 13.1. The molecule has 3 saturated heterocycles. The monoisotopic (exact) mass is 373 g/mol. The summed E-state index contributed by atoms with van der Waals surface area (Å²) in [5, 5.41) is 3.46. The maximum absolute atomic E-state index is 13.1. The summed E-state index contributed by atoms with van der Waals surface area (Å²) in [6, 6.07) is 5.65. The number of likely N-dealkylation sites (tertiary alicyclic amines) is 2. The third kappa shape index (κ3) is 3.86. The lowest BCUT2D eigenvalue weighted by atomic mass is 9.77. The highest BCUT2D eigenvalue weighted by molar-refractivity contribution is 5.94. The number of benzene rings is 1. The summed E-state index contributed by atoms with van der Waals surface area (Å²) in [5.74, 6) is -0.368. The highest BCUT2D eigenvalue weighted by Crippen LogP contribution is 2.37. The Bertz CT molecular complexity index is 690. The quantitative estimate of drug-likeness (QED) is 0.865. The van der Waals surface area contributed by atoms with Gasteiger partial charge in [-0.05, 0) is 68.3 Å². The number of hydrogen-bond donors (Lipinski definition) is 1. The van der Waals surface area contributed by atoms with Crippen molar-refractivity contribution in [1.29, 1.82) is 0 Å². The summed E-state index contributed by atoms with van der Waals surface area (Å²) in [4.78, 5) is 29.5. The molecule has 0 aliphatic carbocycles. The molecule has 3 fully saturated rings. The molecular formula is C21H28FN3O2. The summed E-state index contributed by atoms with van der Waals surface area (Å²) >= 11 is 0. The standard InChI is InChI=1S/C21H28FN3O2/c22-18-5-3-16(4-6-18)19(26)25-11-1-2-17(14-25)20(27)24-12-8-21(9-13-24)7-10-23-15-21/h3-6,17,23H,1-2,7-15H2. The number of nitrogens with one attached hydrogen (secondary N) is 1. The third-order valence-corrected chi connectivity index (χ3v) is 6.62. The molecule has 6 heteroatoms. The maximum Gasteiger partial charge on any atom is 0.253 e. The number of carbonyl (C=O) groups is 2. The molecular weight excluding hydrogens is 345 g/mol. The summed E-state index contributed by atoms with van der Waals surface area (Å²) in [6.45, 7) is 4.98. The molecule has 0 saturated carbocycles. The van der Waals surface area contributed by atoms with Gasteiger partial charge in [-0.15, -0.1) is 0 Å². The molecule has 1 unspecified atom stereocenters. The summed E-state index contributed by atoms with van der Waals surface area (Å²) in [6.07, 6.45) is 5.06. The van der Waals surface area contributed by atoms with Gasteiger partial charge in [0, 0.05) is 38.3 Å². The van der Waals surface area contributed by atoms with Gasteiger partial charge in [0.1, 0.15) is 5.82 Å². The van der Waals surface area contributed by atoms with Crippen molar-refractivity contribution >= 4 is 11.8 Å². The van der Waals surface area contributed by atoms with E-state index in [0.717, 1.165) is 51.9 Å². The lowest BCUT2D eigenvalue weighted by molar-refractivity contribution is -0.139. The number of nitrogens with zero attached hydrogens (tertiary/aromatic N) is 2. The first-order valence-corrected chi connectivity index (χ1v) is 10.1. The zero-order chi connectivity index (χ0) is 18.9. The molecule has 146 valence electrons. The molecule has 1 aromatic carbocycles. The number of rotatable bonds is 2. The van der Waals surface area contributed by atoms with Gasteiger partial charge < -0.3 is 15.1 Å². The van der Waals surface area contributed by atoms with E-state index in [9.17, 15) is 14.0 Å². The smallest absolute Gasteiger partial charge is 0.253 e. The van der Waals surface area contributed by atoms with Crippen LogP contribution in [0, 0.1) is 17.2 Å². The third-order valence-electron chi connectivity index (χ3n) is 6.62. The number of carbonyl (C=O) groups excluding carboxylic acids is 2. The molecule has 0 bridgehead atoms. The Morgan fingerprint density at radius 2 is 1.78 bits per heavy atom. The van der Waals surface area contributed by atoms with Crippen LogP contribution in [0.5, 0.6) is 0 Å². The van der Waals surface area contributed by atoms with Gasteiger partial charge in [-0.3, -0.25) is 9.59 Å². The Labute approximate surface area is 159 Å². The van der Waals surface area contributed by atoms with E-state index in [1.807, 2.05) is 4.90 Å². The van der Waals surface area contributed by atoms with Crippen LogP contribution in [-0.2, 0) is 4.79 Å². The zero-order valence-electron chi connectivity index (χ0n) is 15.8. The van der Waals surface area contributed by atoms with E-state index in [2.05, 4.69) is 5.32 Å². The van der Waals surface area contributed by atoms with Gasteiger partial charge in [0.05, 0.1) is 5.92 Å². The molecule has 1 atom stereocenters. The highest BCUT2D eigenvalue weighted by atomic mass is 19.1. The van der Waals surface area contributed by atoms with Gasteiger partial charge in [0.15, 0.2) is 0 Å². The van der Waals surface area contributed by atoms with Crippen LogP contribution >= 0.6 is 0 Å². The van der Waals surface area contributed by atoms with E-state index in [0.29, 0.717) is 24.1 Å². The minimum absolute atomic E-state index is 0.109. The Balaban J connectivity index is 1.35. The summed E-state index contributed by atoms with van der Waals surface area (Å²) in [7, 11) is 0. The lowest BCUT2D eigenvalue weighted by Gasteiger charge is -2.41. The molecule has 0 aromatic heterocycles. The molecule has 3 aliphatic rings. The second kappa shape index (κ2) is 7.58. The number of amides is 2. The van der Waals surface area contributed by atoms with Crippen molar-refractivity contribution in [3.63, 3.8) is 0 Å². The van der Waals surface area contributed by atoms with Crippen LogP contribution < -0.4 is 5.32 Å². The molecule has 1 aromatic rings. The predicted octanol–water partition coefficient (Wildman–Crippen LogP) is 2.28. The Morgan fingerprint density at radius 3 is 2.44 bits per heavy atom. The number of hydrogen-bond acceptors (Lipinski definition) is 3. The van der Waals surface area contributed by atoms with E-state index in [4.69, 9.17) is 0 Å².